The molecule has 1 fully saturated rings. The van der Waals surface area contributed by atoms with Crippen LogP contribution in [-0.4, -0.2) is 22.7 Å². The van der Waals surface area contributed by atoms with Crippen LogP contribution in [0.3, 0.4) is 0 Å². The van der Waals surface area contributed by atoms with Crippen LogP contribution in [0.15, 0.2) is 65.6 Å². The van der Waals surface area contributed by atoms with Crippen molar-refractivity contribution >= 4 is 62.7 Å². The van der Waals surface area contributed by atoms with E-state index in [2.05, 4.69) is 29.6 Å². The minimum atomic E-state index is -0.205. The largest absolute Gasteiger partial charge is 0.482 e. The molecule has 2 amide bonds. The fourth-order valence-electron chi connectivity index (χ4n) is 3.57. The third kappa shape index (κ3) is 3.58. The lowest BCUT2D eigenvalue weighted by molar-refractivity contribution is -0.121. The van der Waals surface area contributed by atoms with E-state index in [0.717, 1.165) is 21.9 Å². The van der Waals surface area contributed by atoms with E-state index in [-0.39, 0.29) is 18.4 Å². The predicted octanol–water partition coefficient (Wildman–Crippen LogP) is 4.25. The van der Waals surface area contributed by atoms with E-state index in [0.29, 0.717) is 27.2 Å². The van der Waals surface area contributed by atoms with Gasteiger partial charge in [0.2, 0.25) is 0 Å². The van der Waals surface area contributed by atoms with Gasteiger partial charge in [-0.15, -0.1) is 0 Å². The topological polar surface area (TPSA) is 58.6 Å². The maximum Gasteiger partial charge on any atom is 0.265 e. The first-order valence-corrected chi connectivity index (χ1v) is 10.6. The van der Waals surface area contributed by atoms with Crippen molar-refractivity contribution in [1.82, 2.24) is 5.32 Å². The number of nitrogens with one attached hydrogen (secondary N) is 1. The molecule has 2 aliphatic rings. The molecule has 7 heteroatoms. The zero-order chi connectivity index (χ0) is 20.7. The van der Waals surface area contributed by atoms with Gasteiger partial charge in [0.1, 0.15) is 10.1 Å². The second-order valence-electron chi connectivity index (χ2n) is 7.03. The summed E-state index contributed by atoms with van der Waals surface area (Å²) in [5.74, 6) is 0.342. The summed E-state index contributed by atoms with van der Waals surface area (Å²) in [4.78, 5) is 26.9. The zero-order valence-electron chi connectivity index (χ0n) is 15.8. The van der Waals surface area contributed by atoms with Gasteiger partial charge in [-0.2, -0.15) is 0 Å². The fraction of sp³-hybridized carbons (Fsp3) is 0.0870. The molecule has 2 aliphatic heterocycles. The van der Waals surface area contributed by atoms with Gasteiger partial charge in [-0.1, -0.05) is 66.4 Å². The molecule has 2 heterocycles. The smallest absolute Gasteiger partial charge is 0.265 e. The van der Waals surface area contributed by atoms with Gasteiger partial charge in [0.05, 0.1) is 17.1 Å². The number of thiocarbonyl (C=S) groups is 1. The van der Waals surface area contributed by atoms with Gasteiger partial charge in [0.25, 0.3) is 11.8 Å². The Kier molecular flexibility index (Phi) is 4.77. The molecule has 3 aromatic carbocycles. The van der Waals surface area contributed by atoms with Crippen LogP contribution in [0.4, 0.5) is 5.69 Å². The number of rotatable bonds is 3. The van der Waals surface area contributed by atoms with Crippen molar-refractivity contribution in [2.75, 3.05) is 11.5 Å². The Morgan fingerprint density at radius 3 is 2.70 bits per heavy atom. The summed E-state index contributed by atoms with van der Waals surface area (Å²) in [5.41, 5.74) is 2.53. The lowest BCUT2D eigenvalue weighted by atomic mass is 10.1. The van der Waals surface area contributed by atoms with Crippen molar-refractivity contribution in [1.29, 1.82) is 0 Å². The number of carbonyl (C=O) groups excluding carboxylic acids is 2. The third-order valence-corrected chi connectivity index (χ3v) is 6.18. The Morgan fingerprint density at radius 2 is 1.90 bits per heavy atom. The molecule has 30 heavy (non-hydrogen) atoms. The number of thioether (sulfide) groups is 1. The lowest BCUT2D eigenvalue weighted by Crippen LogP contribution is -2.38. The van der Waals surface area contributed by atoms with Crippen LogP contribution in [-0.2, 0) is 16.1 Å². The van der Waals surface area contributed by atoms with Crippen LogP contribution in [0.1, 0.15) is 11.1 Å². The lowest BCUT2D eigenvalue weighted by Gasteiger charge is -2.30. The number of ether oxygens (including phenoxy) is 1. The molecule has 0 spiro atoms. The maximum atomic E-state index is 12.7. The van der Waals surface area contributed by atoms with Crippen LogP contribution in [0.2, 0.25) is 0 Å². The molecule has 0 saturated carbocycles. The predicted molar refractivity (Wildman–Crippen MR) is 123 cm³/mol. The molecule has 1 N–H and O–H groups in total. The highest BCUT2D eigenvalue weighted by molar-refractivity contribution is 8.26. The Labute approximate surface area is 182 Å². The quantitative estimate of drug-likeness (QED) is 0.495. The summed E-state index contributed by atoms with van der Waals surface area (Å²) >= 11 is 6.28. The normalized spacial score (nSPS) is 17.3. The van der Waals surface area contributed by atoms with Crippen LogP contribution in [0, 0.1) is 0 Å². The molecule has 0 unspecified atom stereocenters. The molecular weight excluding hydrogens is 416 g/mol. The molecule has 0 aromatic heterocycles. The van der Waals surface area contributed by atoms with Crippen LogP contribution in [0.5, 0.6) is 5.75 Å². The van der Waals surface area contributed by atoms with Gasteiger partial charge in [0.15, 0.2) is 6.61 Å². The number of nitrogens with zero attached hydrogens (tertiary/aromatic N) is 1. The van der Waals surface area contributed by atoms with Crippen LogP contribution in [0.25, 0.3) is 16.8 Å². The van der Waals surface area contributed by atoms with E-state index in [9.17, 15) is 9.59 Å². The van der Waals surface area contributed by atoms with Gasteiger partial charge in [-0.25, -0.2) is 0 Å². The Hall–Kier alpha value is -3.16. The summed E-state index contributed by atoms with van der Waals surface area (Å²) < 4.78 is 6.06. The van der Waals surface area contributed by atoms with Crippen molar-refractivity contribution in [2.45, 2.75) is 6.54 Å². The first-order valence-electron chi connectivity index (χ1n) is 9.36. The highest BCUT2D eigenvalue weighted by atomic mass is 32.2. The molecule has 1 saturated heterocycles. The van der Waals surface area contributed by atoms with Crippen LogP contribution < -0.4 is 15.0 Å². The number of hydrogen-bond acceptors (Lipinski definition) is 5. The van der Waals surface area contributed by atoms with Gasteiger partial charge < -0.3 is 15.0 Å². The second kappa shape index (κ2) is 7.59. The maximum absolute atomic E-state index is 12.7. The molecule has 5 rings (SSSR count). The number of amides is 2. The Balaban J connectivity index is 1.49. The first kappa shape index (κ1) is 18.8. The second-order valence-corrected chi connectivity index (χ2v) is 8.75. The number of hydrogen-bond donors (Lipinski definition) is 1. The standard InChI is InChI=1S/C23H16N2O3S2/c26-21-13-28-19-8-6-14(11-20-22(27)24-23(29)30-20)10-18(19)25(21)12-15-5-7-16-3-1-2-4-17(16)9-15/h1-11H,12-13H2,(H,24,27,29)/b20-11+. The van der Waals surface area contributed by atoms with E-state index >= 15 is 0 Å². The summed E-state index contributed by atoms with van der Waals surface area (Å²) in [6, 6.07) is 19.9. The molecule has 0 atom stereocenters. The molecule has 148 valence electrons. The number of benzene rings is 3. The summed E-state index contributed by atoms with van der Waals surface area (Å²) in [7, 11) is 0. The van der Waals surface area contributed by atoms with E-state index in [1.807, 2.05) is 36.4 Å². The Morgan fingerprint density at radius 1 is 1.07 bits per heavy atom. The first-order chi connectivity index (χ1) is 14.6. The third-order valence-electron chi connectivity index (χ3n) is 5.02. The average molecular weight is 433 g/mol. The highest BCUT2D eigenvalue weighted by Crippen LogP contribution is 2.36. The summed E-state index contributed by atoms with van der Waals surface area (Å²) in [6.07, 6.45) is 1.77. The average Bonchev–Trinajstić information content (AvgIpc) is 3.06. The van der Waals surface area contributed by atoms with Crippen molar-refractivity contribution in [3.63, 3.8) is 0 Å². The van der Waals surface area contributed by atoms with Gasteiger partial charge in [-0.3, -0.25) is 9.59 Å². The summed E-state index contributed by atoms with van der Waals surface area (Å²) in [5, 5.41) is 4.91. The minimum Gasteiger partial charge on any atom is -0.482 e. The molecule has 0 radical (unpaired) electrons. The number of anilines is 1. The molecule has 0 bridgehead atoms. The van der Waals surface area contributed by atoms with E-state index in [1.54, 1.807) is 11.0 Å². The van der Waals surface area contributed by atoms with Gasteiger partial charge >= 0.3 is 0 Å². The number of carbonyl (C=O) groups is 2. The molecule has 3 aromatic rings. The van der Waals surface area contributed by atoms with Crippen molar-refractivity contribution in [2.24, 2.45) is 0 Å². The van der Waals surface area contributed by atoms with E-state index in [4.69, 9.17) is 17.0 Å². The van der Waals surface area contributed by atoms with Gasteiger partial charge in [0, 0.05) is 0 Å². The summed E-state index contributed by atoms with van der Waals surface area (Å²) in [6.45, 7) is 0.451. The Bertz CT molecular complexity index is 1250. The fourth-order valence-corrected chi connectivity index (χ4v) is 4.62. The zero-order valence-corrected chi connectivity index (χ0v) is 17.4. The van der Waals surface area contributed by atoms with Crippen molar-refractivity contribution < 1.29 is 14.3 Å². The molecular formula is C23H16N2O3S2. The molecule has 5 nitrogen and oxygen atoms in total. The van der Waals surface area contributed by atoms with Gasteiger partial charge in [-0.05, 0) is 46.2 Å². The SMILES string of the molecule is O=C1NC(=S)S/C1=C/c1ccc2c(c1)N(Cc1ccc3ccccc3c1)C(=O)CO2. The van der Waals surface area contributed by atoms with Crippen LogP contribution >= 0.6 is 24.0 Å². The highest BCUT2D eigenvalue weighted by Gasteiger charge is 2.27. The molecule has 0 aliphatic carbocycles. The minimum absolute atomic E-state index is 0.00749. The van der Waals surface area contributed by atoms with Crippen molar-refractivity contribution in [3.8, 4) is 5.75 Å². The number of fused-ring (bicyclic) bond motifs is 2. The van der Waals surface area contributed by atoms with Crippen molar-refractivity contribution in [3.05, 3.63) is 76.7 Å². The monoisotopic (exact) mass is 432 g/mol. The van der Waals surface area contributed by atoms with E-state index in [1.165, 1.54) is 11.8 Å². The van der Waals surface area contributed by atoms with E-state index < -0.39 is 0 Å².